The van der Waals surface area contributed by atoms with Gasteiger partial charge in [-0.25, -0.2) is 8.42 Å². The first-order valence-electron chi connectivity index (χ1n) is 5.98. The summed E-state index contributed by atoms with van der Waals surface area (Å²) in [4.78, 5) is 0.135. The first kappa shape index (κ1) is 16.3. The van der Waals surface area contributed by atoms with Gasteiger partial charge >= 0.3 is 0 Å². The van der Waals surface area contributed by atoms with Crippen LogP contribution in [0.5, 0.6) is 0 Å². The Morgan fingerprint density at radius 3 is 2.67 bits per heavy atom. The van der Waals surface area contributed by atoms with Crippen LogP contribution in [0.1, 0.15) is 5.56 Å². The number of rotatable bonds is 5. The smallest absolute Gasteiger partial charge is 0.261 e. The van der Waals surface area contributed by atoms with E-state index in [2.05, 4.69) is 20.7 Å². The summed E-state index contributed by atoms with van der Waals surface area (Å²) in [6.07, 6.45) is 0. The Hall–Kier alpha value is -1.08. The summed E-state index contributed by atoms with van der Waals surface area (Å²) in [6, 6.07) is 11.5. The normalized spacial score (nSPS) is 11.4. The Morgan fingerprint density at radius 1 is 1.24 bits per heavy atom. The molecular formula is C14H13BrClNO3S. The molecule has 1 N–H and O–H groups in total. The molecule has 0 radical (unpaired) electrons. The lowest BCUT2D eigenvalue weighted by molar-refractivity contribution is 0.185. The van der Waals surface area contributed by atoms with E-state index >= 15 is 0 Å². The third kappa shape index (κ3) is 4.20. The van der Waals surface area contributed by atoms with Crippen LogP contribution in [0.3, 0.4) is 0 Å². The van der Waals surface area contributed by atoms with Crippen molar-refractivity contribution in [2.24, 2.45) is 0 Å². The summed E-state index contributed by atoms with van der Waals surface area (Å²) < 4.78 is 32.7. The molecule has 4 nitrogen and oxygen atoms in total. The second kappa shape index (κ2) is 6.79. The van der Waals surface area contributed by atoms with Gasteiger partial charge < -0.3 is 4.74 Å². The first-order chi connectivity index (χ1) is 9.92. The van der Waals surface area contributed by atoms with Crippen LogP contribution in [0.25, 0.3) is 0 Å². The second-order valence-electron chi connectivity index (χ2n) is 4.31. The summed E-state index contributed by atoms with van der Waals surface area (Å²) in [6.45, 7) is 0.419. The number of anilines is 1. The van der Waals surface area contributed by atoms with Gasteiger partial charge in [-0.15, -0.1) is 0 Å². The fourth-order valence-corrected chi connectivity index (χ4v) is 3.47. The quantitative estimate of drug-likeness (QED) is 0.838. The van der Waals surface area contributed by atoms with Gasteiger partial charge in [0.15, 0.2) is 0 Å². The van der Waals surface area contributed by atoms with Gasteiger partial charge in [0.1, 0.15) is 0 Å². The molecule has 0 heterocycles. The molecule has 21 heavy (non-hydrogen) atoms. The van der Waals surface area contributed by atoms with Gasteiger partial charge in [-0.3, -0.25) is 4.72 Å². The molecule has 7 heteroatoms. The van der Waals surface area contributed by atoms with Crippen LogP contribution < -0.4 is 4.72 Å². The van der Waals surface area contributed by atoms with E-state index < -0.39 is 10.0 Å². The number of methoxy groups -OCH3 is 1. The van der Waals surface area contributed by atoms with Crippen molar-refractivity contribution in [2.75, 3.05) is 11.8 Å². The van der Waals surface area contributed by atoms with Gasteiger partial charge in [-0.2, -0.15) is 0 Å². The van der Waals surface area contributed by atoms with Gasteiger partial charge in [0.25, 0.3) is 10.0 Å². The van der Waals surface area contributed by atoms with Gasteiger partial charge in [-0.1, -0.05) is 23.7 Å². The molecule has 2 rings (SSSR count). The van der Waals surface area contributed by atoms with Gasteiger partial charge in [0.2, 0.25) is 0 Å². The maximum Gasteiger partial charge on any atom is 0.261 e. The summed E-state index contributed by atoms with van der Waals surface area (Å²) in [5, 5.41) is 0.455. The Bertz CT molecular complexity index is 750. The minimum atomic E-state index is -3.66. The molecule has 0 aliphatic rings. The van der Waals surface area contributed by atoms with E-state index in [9.17, 15) is 8.42 Å². The molecule has 0 fully saturated rings. The molecule has 0 saturated heterocycles. The number of sulfonamides is 1. The van der Waals surface area contributed by atoms with E-state index in [0.717, 1.165) is 5.56 Å². The van der Waals surface area contributed by atoms with Crippen molar-refractivity contribution in [3.63, 3.8) is 0 Å². The van der Waals surface area contributed by atoms with Crippen molar-refractivity contribution in [1.82, 2.24) is 0 Å². The van der Waals surface area contributed by atoms with Crippen LogP contribution in [-0.4, -0.2) is 15.5 Å². The molecule has 0 unspecified atom stereocenters. The Morgan fingerprint density at radius 2 is 2.00 bits per heavy atom. The highest BCUT2D eigenvalue weighted by Gasteiger charge is 2.15. The van der Waals surface area contributed by atoms with Crippen LogP contribution in [0.15, 0.2) is 51.8 Å². The summed E-state index contributed by atoms with van der Waals surface area (Å²) in [5.41, 5.74) is 1.37. The number of nitrogens with one attached hydrogen (secondary N) is 1. The SMILES string of the molecule is COCc1cccc(NS(=O)(=O)c2ccc(Cl)c(Br)c2)c1. The molecule has 0 aliphatic carbocycles. The Balaban J connectivity index is 2.28. The van der Waals surface area contributed by atoms with Crippen molar-refractivity contribution >= 4 is 43.2 Å². The molecule has 0 aromatic heterocycles. The van der Waals surface area contributed by atoms with Gasteiger partial charge in [0.05, 0.1) is 16.5 Å². The highest BCUT2D eigenvalue weighted by Crippen LogP contribution is 2.26. The molecule has 0 atom stereocenters. The predicted octanol–water partition coefficient (Wildman–Crippen LogP) is 4.05. The number of benzene rings is 2. The maximum atomic E-state index is 12.3. The molecule has 2 aromatic carbocycles. The average Bonchev–Trinajstić information content (AvgIpc) is 2.42. The molecule has 2 aromatic rings. The fourth-order valence-electron chi connectivity index (χ4n) is 1.75. The summed E-state index contributed by atoms with van der Waals surface area (Å²) >= 11 is 9.09. The average molecular weight is 391 g/mol. The minimum Gasteiger partial charge on any atom is -0.380 e. The highest BCUT2D eigenvalue weighted by atomic mass is 79.9. The topological polar surface area (TPSA) is 55.4 Å². The molecule has 112 valence electrons. The molecule has 0 saturated carbocycles. The Labute approximate surface area is 137 Å². The first-order valence-corrected chi connectivity index (χ1v) is 8.63. The molecule has 0 amide bonds. The number of hydrogen-bond donors (Lipinski definition) is 1. The molecule has 0 spiro atoms. The van der Waals surface area contributed by atoms with E-state index in [0.29, 0.717) is 21.8 Å². The molecular weight excluding hydrogens is 378 g/mol. The predicted molar refractivity (Wildman–Crippen MR) is 87.1 cm³/mol. The van der Waals surface area contributed by atoms with Crippen molar-refractivity contribution in [3.05, 3.63) is 57.5 Å². The lowest BCUT2D eigenvalue weighted by Crippen LogP contribution is -2.13. The Kier molecular flexibility index (Phi) is 5.27. The standard InChI is InChI=1S/C14H13BrClNO3S/c1-20-9-10-3-2-4-11(7-10)17-21(18,19)12-5-6-14(16)13(15)8-12/h2-8,17H,9H2,1H3. The van der Waals surface area contributed by atoms with Crippen LogP contribution in [0.4, 0.5) is 5.69 Å². The van der Waals surface area contributed by atoms with E-state index in [1.54, 1.807) is 25.3 Å². The van der Waals surface area contributed by atoms with Crippen molar-refractivity contribution in [2.45, 2.75) is 11.5 Å². The third-order valence-corrected chi connectivity index (χ3v) is 5.28. The van der Waals surface area contributed by atoms with Crippen LogP contribution in [-0.2, 0) is 21.4 Å². The van der Waals surface area contributed by atoms with E-state index in [1.165, 1.54) is 18.2 Å². The van der Waals surface area contributed by atoms with Crippen molar-refractivity contribution in [1.29, 1.82) is 0 Å². The van der Waals surface area contributed by atoms with Gasteiger partial charge in [-0.05, 0) is 51.8 Å². The van der Waals surface area contributed by atoms with E-state index in [1.807, 2.05) is 6.07 Å². The van der Waals surface area contributed by atoms with Crippen molar-refractivity contribution < 1.29 is 13.2 Å². The summed E-state index contributed by atoms with van der Waals surface area (Å²) in [7, 11) is -2.08. The second-order valence-corrected chi connectivity index (χ2v) is 7.26. The zero-order valence-electron chi connectivity index (χ0n) is 11.1. The zero-order chi connectivity index (χ0) is 15.5. The zero-order valence-corrected chi connectivity index (χ0v) is 14.3. The van der Waals surface area contributed by atoms with E-state index in [4.69, 9.17) is 16.3 Å². The monoisotopic (exact) mass is 389 g/mol. The number of ether oxygens (including phenoxy) is 1. The lowest BCUT2D eigenvalue weighted by Gasteiger charge is -2.10. The van der Waals surface area contributed by atoms with Crippen LogP contribution in [0.2, 0.25) is 5.02 Å². The number of hydrogen-bond acceptors (Lipinski definition) is 3. The highest BCUT2D eigenvalue weighted by molar-refractivity contribution is 9.10. The van der Waals surface area contributed by atoms with Crippen LogP contribution in [0, 0.1) is 0 Å². The van der Waals surface area contributed by atoms with Crippen LogP contribution >= 0.6 is 27.5 Å². The van der Waals surface area contributed by atoms with Gasteiger partial charge in [0, 0.05) is 17.3 Å². The van der Waals surface area contributed by atoms with E-state index in [-0.39, 0.29) is 4.90 Å². The van der Waals surface area contributed by atoms with Crippen molar-refractivity contribution in [3.8, 4) is 0 Å². The number of halogens is 2. The minimum absolute atomic E-state index is 0.135. The molecule has 0 aliphatic heterocycles. The lowest BCUT2D eigenvalue weighted by atomic mass is 10.2. The third-order valence-electron chi connectivity index (χ3n) is 2.69. The maximum absolute atomic E-state index is 12.3. The summed E-state index contributed by atoms with van der Waals surface area (Å²) in [5.74, 6) is 0. The largest absolute Gasteiger partial charge is 0.380 e. The molecule has 0 bridgehead atoms. The fraction of sp³-hybridized carbons (Fsp3) is 0.143.